The summed E-state index contributed by atoms with van der Waals surface area (Å²) < 4.78 is 1.64. The molecular formula is C20H15N7O. The van der Waals surface area contributed by atoms with Crippen LogP contribution in [0.25, 0.3) is 27.9 Å². The number of para-hydroxylation sites is 1. The minimum atomic E-state index is -0.348. The van der Waals surface area contributed by atoms with Crippen LogP contribution >= 0.6 is 0 Å². The number of benzene rings is 2. The van der Waals surface area contributed by atoms with Crippen LogP contribution in [0.1, 0.15) is 12.0 Å². The molecule has 2 N–H and O–H groups in total. The second-order valence-electron chi connectivity index (χ2n) is 6.59. The largest absolute Gasteiger partial charge is 0.354 e. The van der Waals surface area contributed by atoms with Crippen LogP contribution in [0.4, 0.5) is 5.95 Å². The summed E-state index contributed by atoms with van der Waals surface area (Å²) in [6, 6.07) is 16.6. The Hall–Kier alpha value is -3.99. The van der Waals surface area contributed by atoms with E-state index in [0.29, 0.717) is 35.9 Å². The van der Waals surface area contributed by atoms with Crippen molar-refractivity contribution in [2.75, 3.05) is 11.9 Å². The van der Waals surface area contributed by atoms with Gasteiger partial charge in [-0.05, 0) is 42.8 Å². The molecule has 8 nitrogen and oxygen atoms in total. The minimum Gasteiger partial charge on any atom is -0.354 e. The van der Waals surface area contributed by atoms with Gasteiger partial charge in [-0.1, -0.05) is 12.1 Å². The average Bonchev–Trinajstić information content (AvgIpc) is 3.35. The molecule has 1 aliphatic rings. The summed E-state index contributed by atoms with van der Waals surface area (Å²) in [5.74, 6) is 0.959. The third-order valence-corrected chi connectivity index (χ3v) is 4.80. The fourth-order valence-corrected chi connectivity index (χ4v) is 3.35. The zero-order valence-electron chi connectivity index (χ0n) is 14.8. The van der Waals surface area contributed by atoms with Gasteiger partial charge < -0.3 is 10.6 Å². The highest BCUT2D eigenvalue weighted by Crippen LogP contribution is 2.25. The van der Waals surface area contributed by atoms with Crippen LogP contribution in [0, 0.1) is 11.3 Å². The van der Waals surface area contributed by atoms with Gasteiger partial charge in [-0.2, -0.15) is 9.78 Å². The van der Waals surface area contributed by atoms with E-state index in [1.807, 2.05) is 36.4 Å². The normalized spacial score (nSPS) is 16.2. The van der Waals surface area contributed by atoms with Gasteiger partial charge in [-0.15, -0.1) is 5.10 Å². The lowest BCUT2D eigenvalue weighted by Gasteiger charge is -2.12. The quantitative estimate of drug-likeness (QED) is 0.573. The Morgan fingerprint density at radius 2 is 1.96 bits per heavy atom. The van der Waals surface area contributed by atoms with Gasteiger partial charge in [-0.3, -0.25) is 4.79 Å². The fraction of sp³-hybridized carbons (Fsp3) is 0.150. The average molecular weight is 369 g/mol. The van der Waals surface area contributed by atoms with Gasteiger partial charge in [0, 0.05) is 17.5 Å². The number of fused-ring (bicyclic) bond motifs is 3. The molecule has 0 spiro atoms. The monoisotopic (exact) mass is 369 g/mol. The zero-order chi connectivity index (χ0) is 19.1. The number of anilines is 1. The first-order valence-corrected chi connectivity index (χ1v) is 8.93. The molecule has 2 aromatic carbocycles. The van der Waals surface area contributed by atoms with Crippen molar-refractivity contribution in [3.63, 3.8) is 0 Å². The molecule has 8 heteroatoms. The van der Waals surface area contributed by atoms with Crippen molar-refractivity contribution in [1.82, 2.24) is 24.9 Å². The number of carbonyl (C=O) groups excluding carboxylic acids is 1. The Kier molecular flexibility index (Phi) is 3.66. The standard InChI is InChI=1S/C20H15N7O/c21-11-12-5-7-13(8-6-12)17-25-18-14-3-1-2-4-15(14)23-20(27(18)26-17)24-16-9-10-22-19(16)28/h1-8,16H,9-10H2,(H,22,28)(H,23,24)/t16-/m1/s1. The van der Waals surface area contributed by atoms with E-state index >= 15 is 0 Å². The molecule has 4 aromatic rings. The highest BCUT2D eigenvalue weighted by atomic mass is 16.2. The Balaban J connectivity index is 1.68. The van der Waals surface area contributed by atoms with Crippen LogP contribution in [-0.4, -0.2) is 38.1 Å². The smallest absolute Gasteiger partial charge is 0.242 e. The van der Waals surface area contributed by atoms with E-state index < -0.39 is 0 Å². The predicted molar refractivity (Wildman–Crippen MR) is 103 cm³/mol. The molecule has 1 amide bonds. The van der Waals surface area contributed by atoms with E-state index in [1.54, 1.807) is 16.6 Å². The van der Waals surface area contributed by atoms with Gasteiger partial charge in [0.05, 0.1) is 17.1 Å². The second kappa shape index (κ2) is 6.32. The number of carbonyl (C=O) groups is 1. The van der Waals surface area contributed by atoms with Crippen LogP contribution in [0.15, 0.2) is 48.5 Å². The molecule has 136 valence electrons. The number of hydrogen-bond acceptors (Lipinski definition) is 6. The van der Waals surface area contributed by atoms with Crippen LogP contribution in [-0.2, 0) is 4.79 Å². The van der Waals surface area contributed by atoms with Gasteiger partial charge in [-0.25, -0.2) is 9.97 Å². The number of nitrogens with one attached hydrogen (secondary N) is 2. The highest BCUT2D eigenvalue weighted by Gasteiger charge is 2.26. The van der Waals surface area contributed by atoms with E-state index in [-0.39, 0.29) is 11.9 Å². The molecule has 1 saturated heterocycles. The topological polar surface area (TPSA) is 108 Å². The summed E-state index contributed by atoms with van der Waals surface area (Å²) in [6.45, 7) is 0.640. The zero-order valence-corrected chi connectivity index (χ0v) is 14.8. The molecule has 0 bridgehead atoms. The maximum atomic E-state index is 12.0. The number of nitrogens with zero attached hydrogens (tertiary/aromatic N) is 5. The second-order valence-corrected chi connectivity index (χ2v) is 6.59. The maximum absolute atomic E-state index is 12.0. The molecule has 28 heavy (non-hydrogen) atoms. The van der Waals surface area contributed by atoms with Crippen molar-refractivity contribution in [2.45, 2.75) is 12.5 Å². The van der Waals surface area contributed by atoms with Gasteiger partial charge in [0.25, 0.3) is 0 Å². The lowest BCUT2D eigenvalue weighted by atomic mass is 10.1. The van der Waals surface area contributed by atoms with Crippen molar-refractivity contribution in [1.29, 1.82) is 5.26 Å². The molecule has 0 saturated carbocycles. The van der Waals surface area contributed by atoms with Gasteiger partial charge in [0.2, 0.25) is 11.9 Å². The third-order valence-electron chi connectivity index (χ3n) is 4.80. The first kappa shape index (κ1) is 16.2. The summed E-state index contributed by atoms with van der Waals surface area (Å²) in [7, 11) is 0. The molecule has 5 rings (SSSR count). The molecule has 0 unspecified atom stereocenters. The van der Waals surface area contributed by atoms with Crippen molar-refractivity contribution in [2.24, 2.45) is 0 Å². The third kappa shape index (κ3) is 2.61. The summed E-state index contributed by atoms with van der Waals surface area (Å²) in [4.78, 5) is 21.4. The summed E-state index contributed by atoms with van der Waals surface area (Å²) in [5.41, 5.74) is 2.81. The van der Waals surface area contributed by atoms with E-state index in [4.69, 9.17) is 10.2 Å². The van der Waals surface area contributed by atoms with E-state index in [0.717, 1.165) is 16.5 Å². The van der Waals surface area contributed by atoms with Gasteiger partial charge in [0.15, 0.2) is 11.5 Å². The first-order valence-electron chi connectivity index (χ1n) is 8.93. The maximum Gasteiger partial charge on any atom is 0.242 e. The summed E-state index contributed by atoms with van der Waals surface area (Å²) in [6.07, 6.45) is 0.687. The number of hydrogen-bond donors (Lipinski definition) is 2. The number of rotatable bonds is 3. The molecule has 1 atom stereocenters. The van der Waals surface area contributed by atoms with Crippen molar-refractivity contribution >= 4 is 28.4 Å². The van der Waals surface area contributed by atoms with E-state index in [2.05, 4.69) is 26.8 Å². The fourth-order valence-electron chi connectivity index (χ4n) is 3.35. The molecule has 1 fully saturated rings. The Morgan fingerprint density at radius 3 is 2.71 bits per heavy atom. The van der Waals surface area contributed by atoms with E-state index in [9.17, 15) is 4.79 Å². The summed E-state index contributed by atoms with van der Waals surface area (Å²) >= 11 is 0. The lowest BCUT2D eigenvalue weighted by molar-refractivity contribution is -0.119. The highest BCUT2D eigenvalue weighted by molar-refractivity contribution is 5.93. The van der Waals surface area contributed by atoms with Gasteiger partial charge >= 0.3 is 0 Å². The number of amides is 1. The molecular weight excluding hydrogens is 354 g/mol. The molecule has 2 aromatic heterocycles. The Morgan fingerprint density at radius 1 is 1.14 bits per heavy atom. The lowest BCUT2D eigenvalue weighted by Crippen LogP contribution is -2.30. The Bertz CT molecular complexity index is 1250. The van der Waals surface area contributed by atoms with Crippen molar-refractivity contribution < 1.29 is 4.79 Å². The SMILES string of the molecule is N#Cc1ccc(-c2nc3c4ccccc4nc(N[C@@H]4CCNC4=O)n3n2)cc1. The molecule has 1 aliphatic heterocycles. The number of nitriles is 1. The van der Waals surface area contributed by atoms with Crippen LogP contribution < -0.4 is 10.6 Å². The van der Waals surface area contributed by atoms with Crippen molar-refractivity contribution in [3.05, 3.63) is 54.1 Å². The summed E-state index contributed by atoms with van der Waals surface area (Å²) in [5, 5.41) is 20.5. The van der Waals surface area contributed by atoms with Crippen molar-refractivity contribution in [3.8, 4) is 17.5 Å². The van der Waals surface area contributed by atoms with E-state index in [1.165, 1.54) is 0 Å². The number of aromatic nitrogens is 4. The molecule has 0 radical (unpaired) electrons. The molecule has 3 heterocycles. The molecule has 0 aliphatic carbocycles. The minimum absolute atomic E-state index is 0.0458. The first-order chi connectivity index (χ1) is 13.7. The van der Waals surface area contributed by atoms with Gasteiger partial charge in [0.1, 0.15) is 6.04 Å². The Labute approximate surface area is 159 Å². The van der Waals surface area contributed by atoms with Crippen LogP contribution in [0.2, 0.25) is 0 Å². The van der Waals surface area contributed by atoms with Crippen LogP contribution in [0.3, 0.4) is 0 Å². The van der Waals surface area contributed by atoms with Crippen LogP contribution in [0.5, 0.6) is 0 Å². The predicted octanol–water partition coefficient (Wildman–Crippen LogP) is 2.12.